The summed E-state index contributed by atoms with van der Waals surface area (Å²) in [5.74, 6) is -1.32. The molecule has 9 heteroatoms. The van der Waals surface area contributed by atoms with Crippen molar-refractivity contribution in [3.8, 4) is 11.5 Å². The maximum atomic E-state index is 12.4. The summed E-state index contributed by atoms with van der Waals surface area (Å²) in [5.41, 5.74) is 2.98. The zero-order valence-electron chi connectivity index (χ0n) is 24.0. The van der Waals surface area contributed by atoms with Crippen molar-refractivity contribution < 1.29 is 34.4 Å². The van der Waals surface area contributed by atoms with Crippen LogP contribution in [0, 0.1) is 5.92 Å². The second kappa shape index (κ2) is 14.8. The van der Waals surface area contributed by atoms with E-state index in [4.69, 9.17) is 9.47 Å². The summed E-state index contributed by atoms with van der Waals surface area (Å²) in [4.78, 5) is 25.9. The van der Waals surface area contributed by atoms with E-state index in [9.17, 15) is 24.9 Å². The van der Waals surface area contributed by atoms with E-state index in [1.54, 1.807) is 6.08 Å². The third-order valence-corrected chi connectivity index (χ3v) is 8.64. The first kappa shape index (κ1) is 31.8. The number of nitrogens with zero attached hydrogens (tertiary/aromatic N) is 1. The van der Waals surface area contributed by atoms with Crippen LogP contribution in [0.3, 0.4) is 0 Å². The summed E-state index contributed by atoms with van der Waals surface area (Å²) in [6, 6.07) is 3.82. The lowest BCUT2D eigenvalue weighted by molar-refractivity contribution is -0.156. The van der Waals surface area contributed by atoms with Crippen molar-refractivity contribution in [1.82, 2.24) is 4.90 Å². The summed E-state index contributed by atoms with van der Waals surface area (Å²) in [6.07, 6.45) is 10.2. The third-order valence-electron chi connectivity index (χ3n) is 7.30. The number of ether oxygens (including phenoxy) is 2. The molecule has 40 heavy (non-hydrogen) atoms. The molecule has 0 saturated carbocycles. The summed E-state index contributed by atoms with van der Waals surface area (Å²) in [6.45, 7) is 10.9. The Morgan fingerprint density at radius 1 is 1.32 bits per heavy atom. The maximum absolute atomic E-state index is 12.4. The van der Waals surface area contributed by atoms with Crippen molar-refractivity contribution in [2.75, 3.05) is 13.4 Å². The number of aryl methyl sites for hydroxylation is 1. The number of carbonyl (C=O) groups is 2. The Kier molecular flexibility index (Phi) is 11.7. The van der Waals surface area contributed by atoms with E-state index in [0.717, 1.165) is 56.1 Å². The van der Waals surface area contributed by atoms with Crippen LogP contribution in [0.5, 0.6) is 11.5 Å². The van der Waals surface area contributed by atoms with Gasteiger partial charge in [-0.3, -0.25) is 9.69 Å². The fourth-order valence-corrected chi connectivity index (χ4v) is 6.96. The number of benzene rings is 1. The number of thioether (sulfide) groups is 1. The topological polar surface area (TPSA) is 117 Å². The second-order valence-corrected chi connectivity index (χ2v) is 11.8. The number of phenolic OH excluding ortho intramolecular Hbond substituents is 1. The highest BCUT2D eigenvalue weighted by Crippen LogP contribution is 2.50. The van der Waals surface area contributed by atoms with Gasteiger partial charge in [-0.2, -0.15) is 0 Å². The number of hydrogen-bond donors (Lipinski definition) is 3. The van der Waals surface area contributed by atoms with Crippen LogP contribution in [-0.4, -0.2) is 57.0 Å². The Hall–Kier alpha value is -2.75. The number of fused-ring (bicyclic) bond motifs is 1. The van der Waals surface area contributed by atoms with Crippen molar-refractivity contribution in [3.05, 3.63) is 58.2 Å². The number of unbranched alkanes of at least 4 members (excludes halogenated alkanes) is 2. The predicted molar refractivity (Wildman–Crippen MR) is 157 cm³/mol. The van der Waals surface area contributed by atoms with Gasteiger partial charge >= 0.3 is 5.97 Å². The number of aliphatic hydroxyl groups is 1. The molecule has 4 atom stereocenters. The highest BCUT2D eigenvalue weighted by molar-refractivity contribution is 8.04. The highest BCUT2D eigenvalue weighted by atomic mass is 32.2. The molecule has 0 bridgehead atoms. The third kappa shape index (κ3) is 7.30. The summed E-state index contributed by atoms with van der Waals surface area (Å²) in [7, 11) is 0. The van der Waals surface area contributed by atoms with Crippen molar-refractivity contribution in [2.24, 2.45) is 5.92 Å². The number of aliphatic carboxylic acids is 1. The van der Waals surface area contributed by atoms with E-state index >= 15 is 0 Å². The molecule has 1 amide bonds. The Bertz CT molecular complexity index is 1140. The van der Waals surface area contributed by atoms with E-state index in [1.165, 1.54) is 29.2 Å². The molecule has 3 N–H and O–H groups in total. The van der Waals surface area contributed by atoms with Gasteiger partial charge in [-0.05, 0) is 70.6 Å². The molecule has 1 saturated heterocycles. The van der Waals surface area contributed by atoms with Gasteiger partial charge in [-0.25, -0.2) is 4.79 Å². The predicted octanol–water partition coefficient (Wildman–Crippen LogP) is 6.09. The Morgan fingerprint density at radius 2 is 2.05 bits per heavy atom. The first-order valence-corrected chi connectivity index (χ1v) is 15.0. The van der Waals surface area contributed by atoms with Gasteiger partial charge in [0.15, 0.2) is 6.79 Å². The van der Waals surface area contributed by atoms with Gasteiger partial charge < -0.3 is 24.8 Å². The SMILES string of the molecule is C=CC.CCCCCc1cc(O)c(C2C=C(C)CCC2)c(OCOCC2=C(C(=O)O)N3C(=O)C(C(C)O)C3S2)c1. The van der Waals surface area contributed by atoms with Gasteiger partial charge in [-0.1, -0.05) is 49.3 Å². The quantitative estimate of drug-likeness (QED) is 0.119. The van der Waals surface area contributed by atoms with Gasteiger partial charge in [0.1, 0.15) is 22.6 Å². The van der Waals surface area contributed by atoms with Crippen LogP contribution < -0.4 is 4.74 Å². The number of β-lactam (4-membered cyclic amide) rings is 1. The summed E-state index contributed by atoms with van der Waals surface area (Å²) < 4.78 is 11.8. The molecule has 220 valence electrons. The van der Waals surface area contributed by atoms with Gasteiger partial charge in [0.25, 0.3) is 0 Å². The smallest absolute Gasteiger partial charge is 0.353 e. The normalized spacial score (nSPS) is 22.5. The fraction of sp³-hybridized carbons (Fsp3) is 0.548. The molecule has 0 radical (unpaired) electrons. The van der Waals surface area contributed by atoms with Crippen molar-refractivity contribution >= 4 is 23.6 Å². The number of carboxylic acids is 1. The molecule has 4 rings (SSSR count). The van der Waals surface area contributed by atoms with Gasteiger partial charge in [0, 0.05) is 16.4 Å². The number of amides is 1. The molecule has 8 nitrogen and oxygen atoms in total. The van der Waals surface area contributed by atoms with Crippen molar-refractivity contribution in [2.45, 2.75) is 90.0 Å². The van der Waals surface area contributed by atoms with Crippen LogP contribution in [0.1, 0.15) is 83.3 Å². The van der Waals surface area contributed by atoms with E-state index < -0.39 is 23.4 Å². The maximum Gasteiger partial charge on any atom is 0.353 e. The molecule has 2 aliphatic heterocycles. The van der Waals surface area contributed by atoms with Gasteiger partial charge in [0.2, 0.25) is 5.91 Å². The number of aliphatic hydroxyl groups excluding tert-OH is 1. The van der Waals surface area contributed by atoms with Crippen molar-refractivity contribution in [3.63, 3.8) is 0 Å². The lowest BCUT2D eigenvalue weighted by Gasteiger charge is -2.43. The number of allylic oxidation sites excluding steroid dienone is 3. The summed E-state index contributed by atoms with van der Waals surface area (Å²) >= 11 is 1.24. The zero-order chi connectivity index (χ0) is 29.4. The molecule has 0 spiro atoms. The lowest BCUT2D eigenvalue weighted by atomic mass is 9.84. The molecule has 4 unspecified atom stereocenters. The molecule has 1 aromatic rings. The Morgan fingerprint density at radius 3 is 2.67 bits per heavy atom. The van der Waals surface area contributed by atoms with E-state index in [1.807, 2.05) is 19.1 Å². The minimum Gasteiger partial charge on any atom is -0.507 e. The minimum atomic E-state index is -1.20. The number of carbonyl (C=O) groups excluding carboxylic acids is 1. The Balaban J connectivity index is 0.00000141. The number of phenols is 1. The highest BCUT2D eigenvalue weighted by Gasteiger charge is 2.57. The number of carboxylic acid groups (broad SMARTS) is 1. The lowest BCUT2D eigenvalue weighted by Crippen LogP contribution is -2.60. The van der Waals surface area contributed by atoms with E-state index in [-0.39, 0.29) is 36.7 Å². The molecule has 0 aromatic heterocycles. The standard InChI is InChI=1S/C28H37NO7S.C3H6/c1-4-5-6-9-18-12-20(31)24(19-10-7-8-16(2)11-19)21(13-18)36-15-35-14-22-25(28(33)34)29-26(32)23(17(3)30)27(29)37-22;1-3-2/h11-13,17,19,23,27,30-31H,4-10,14-15H2,1-3H3,(H,33,34);3H,1H2,2H3. The van der Waals surface area contributed by atoms with Crippen molar-refractivity contribution in [1.29, 1.82) is 0 Å². The number of hydrogen-bond acceptors (Lipinski definition) is 7. The first-order valence-electron chi connectivity index (χ1n) is 14.1. The van der Waals surface area contributed by atoms with Crippen LogP contribution in [-0.2, 0) is 20.7 Å². The Labute approximate surface area is 241 Å². The largest absolute Gasteiger partial charge is 0.507 e. The average Bonchev–Trinajstić information content (AvgIpc) is 3.21. The first-order chi connectivity index (χ1) is 19.1. The minimum absolute atomic E-state index is 0.0287. The van der Waals surface area contributed by atoms with Crippen LogP contribution in [0.4, 0.5) is 0 Å². The second-order valence-electron chi connectivity index (χ2n) is 10.6. The van der Waals surface area contributed by atoms with Gasteiger partial charge in [0.05, 0.1) is 18.6 Å². The molecule has 1 aromatic carbocycles. The fourth-order valence-electron chi connectivity index (χ4n) is 5.42. The zero-order valence-corrected chi connectivity index (χ0v) is 24.8. The number of rotatable bonds is 12. The number of aromatic hydroxyl groups is 1. The van der Waals surface area contributed by atoms with E-state index in [0.29, 0.717) is 10.7 Å². The van der Waals surface area contributed by atoms with Crippen LogP contribution in [0.25, 0.3) is 0 Å². The van der Waals surface area contributed by atoms with Crippen LogP contribution in [0.2, 0.25) is 0 Å². The van der Waals surface area contributed by atoms with Crippen LogP contribution in [0.15, 0.2) is 47.0 Å². The molecule has 3 aliphatic rings. The molecule has 1 aliphatic carbocycles. The average molecular weight is 574 g/mol. The van der Waals surface area contributed by atoms with Crippen LogP contribution >= 0.6 is 11.8 Å². The molecular weight excluding hydrogens is 530 g/mol. The van der Waals surface area contributed by atoms with Gasteiger partial charge in [-0.15, -0.1) is 6.58 Å². The monoisotopic (exact) mass is 573 g/mol. The molecular formula is C31H43NO7S. The summed E-state index contributed by atoms with van der Waals surface area (Å²) in [5, 5.41) is 30.1. The molecule has 2 heterocycles. The van der Waals surface area contributed by atoms with E-state index in [2.05, 4.69) is 26.5 Å². The molecule has 1 fully saturated rings.